The third kappa shape index (κ3) is 2.17. The van der Waals surface area contributed by atoms with Gasteiger partial charge in [-0.15, -0.1) is 0 Å². The van der Waals surface area contributed by atoms with Gasteiger partial charge in [-0.1, -0.05) is 12.1 Å². The number of aromatic nitrogens is 2. The van der Waals surface area contributed by atoms with Gasteiger partial charge in [0, 0.05) is 5.39 Å². The minimum atomic E-state index is -1.56. The number of nitrogens with one attached hydrogen (secondary N) is 1. The van der Waals surface area contributed by atoms with E-state index in [2.05, 4.69) is 15.4 Å². The molecule has 3 aromatic rings. The Morgan fingerprint density at radius 1 is 0.905 bits per heavy atom. The predicted molar refractivity (Wildman–Crippen MR) is 72.7 cm³/mol. The molecule has 7 heteroatoms. The second-order valence-corrected chi connectivity index (χ2v) is 4.28. The van der Waals surface area contributed by atoms with Crippen molar-refractivity contribution in [1.29, 1.82) is 0 Å². The summed E-state index contributed by atoms with van der Waals surface area (Å²) >= 11 is 0. The van der Waals surface area contributed by atoms with Gasteiger partial charge in [0.1, 0.15) is 0 Å². The van der Waals surface area contributed by atoms with Crippen LogP contribution in [-0.4, -0.2) is 9.97 Å². The normalized spacial score (nSPS) is 10.9. The molecule has 0 saturated carbocycles. The lowest BCUT2D eigenvalue weighted by molar-refractivity contribution is 0.448. The van der Waals surface area contributed by atoms with E-state index in [-0.39, 0.29) is 17.2 Å². The third-order valence-corrected chi connectivity index (χ3v) is 3.02. The molecule has 0 aliphatic heterocycles. The molecule has 4 nitrogen and oxygen atoms in total. The summed E-state index contributed by atoms with van der Waals surface area (Å²) in [5.41, 5.74) is 2.64. The number of para-hydroxylation sites is 1. The van der Waals surface area contributed by atoms with Gasteiger partial charge in [-0.2, -0.15) is 0 Å². The highest BCUT2D eigenvalue weighted by Gasteiger charge is 2.18. The van der Waals surface area contributed by atoms with Crippen LogP contribution in [0.4, 0.5) is 19.0 Å². The van der Waals surface area contributed by atoms with Gasteiger partial charge >= 0.3 is 0 Å². The number of hydrogen-bond acceptors (Lipinski definition) is 4. The van der Waals surface area contributed by atoms with Gasteiger partial charge < -0.3 is 5.43 Å². The summed E-state index contributed by atoms with van der Waals surface area (Å²) in [6.45, 7) is 0. The Morgan fingerprint density at radius 3 is 2.43 bits per heavy atom. The largest absolute Gasteiger partial charge is 0.308 e. The van der Waals surface area contributed by atoms with E-state index < -0.39 is 17.5 Å². The maximum absolute atomic E-state index is 13.8. The fourth-order valence-corrected chi connectivity index (χ4v) is 2.01. The van der Waals surface area contributed by atoms with Crippen LogP contribution in [0.25, 0.3) is 22.3 Å². The Labute approximate surface area is 117 Å². The second-order valence-electron chi connectivity index (χ2n) is 4.28. The summed E-state index contributed by atoms with van der Waals surface area (Å²) in [4.78, 5) is 8.19. The van der Waals surface area contributed by atoms with E-state index in [0.29, 0.717) is 10.9 Å². The van der Waals surface area contributed by atoms with Crippen molar-refractivity contribution in [1.82, 2.24) is 9.97 Å². The SMILES string of the molecule is NNc1nc(-c2ccc(F)c(F)c2F)nc2ccccc12. The van der Waals surface area contributed by atoms with Crippen molar-refractivity contribution in [3.05, 3.63) is 53.8 Å². The van der Waals surface area contributed by atoms with Gasteiger partial charge in [0.05, 0.1) is 11.1 Å². The summed E-state index contributed by atoms with van der Waals surface area (Å²) in [6.07, 6.45) is 0. The number of nitrogen functional groups attached to an aromatic ring is 1. The number of nitrogens with zero attached hydrogens (tertiary/aromatic N) is 2. The maximum atomic E-state index is 13.8. The molecule has 2 aromatic carbocycles. The first-order valence-corrected chi connectivity index (χ1v) is 5.99. The van der Waals surface area contributed by atoms with Crippen molar-refractivity contribution < 1.29 is 13.2 Å². The van der Waals surface area contributed by atoms with E-state index in [4.69, 9.17) is 5.84 Å². The zero-order valence-corrected chi connectivity index (χ0v) is 10.6. The molecule has 0 bridgehead atoms. The van der Waals surface area contributed by atoms with E-state index in [1.165, 1.54) is 0 Å². The van der Waals surface area contributed by atoms with E-state index in [9.17, 15) is 13.2 Å². The average molecular weight is 290 g/mol. The molecule has 3 rings (SSSR count). The summed E-state index contributed by atoms with van der Waals surface area (Å²) in [5.74, 6) is 1.39. The first kappa shape index (κ1) is 13.3. The molecular formula is C14H9F3N4. The Bertz CT molecular complexity index is 836. The lowest BCUT2D eigenvalue weighted by atomic mass is 10.1. The maximum Gasteiger partial charge on any atom is 0.195 e. The Balaban J connectivity index is 2.28. The van der Waals surface area contributed by atoms with Crippen molar-refractivity contribution in [3.63, 3.8) is 0 Å². The lowest BCUT2D eigenvalue weighted by Crippen LogP contribution is -2.10. The van der Waals surface area contributed by atoms with E-state index in [1.807, 2.05) is 0 Å². The number of rotatable bonds is 2. The molecule has 0 spiro atoms. The van der Waals surface area contributed by atoms with Crippen molar-refractivity contribution >= 4 is 16.7 Å². The highest BCUT2D eigenvalue weighted by molar-refractivity contribution is 5.90. The molecule has 0 aliphatic carbocycles. The molecule has 1 aromatic heterocycles. The number of fused-ring (bicyclic) bond motifs is 1. The Kier molecular flexibility index (Phi) is 3.19. The van der Waals surface area contributed by atoms with Crippen molar-refractivity contribution in [3.8, 4) is 11.4 Å². The minimum Gasteiger partial charge on any atom is -0.308 e. The van der Waals surface area contributed by atoms with Gasteiger partial charge in [-0.3, -0.25) is 0 Å². The van der Waals surface area contributed by atoms with Crippen molar-refractivity contribution in [2.45, 2.75) is 0 Å². The number of nitrogens with two attached hydrogens (primary N) is 1. The highest BCUT2D eigenvalue weighted by Crippen LogP contribution is 2.27. The van der Waals surface area contributed by atoms with Crippen LogP contribution in [0.5, 0.6) is 0 Å². The molecule has 0 fully saturated rings. The topological polar surface area (TPSA) is 63.8 Å². The van der Waals surface area contributed by atoms with Crippen LogP contribution in [0.1, 0.15) is 0 Å². The monoisotopic (exact) mass is 290 g/mol. The number of halogens is 3. The fraction of sp³-hybridized carbons (Fsp3) is 0. The van der Waals surface area contributed by atoms with Gasteiger partial charge in [0.25, 0.3) is 0 Å². The van der Waals surface area contributed by atoms with Crippen LogP contribution < -0.4 is 11.3 Å². The number of hydrazine groups is 1. The minimum absolute atomic E-state index is 0.0851. The molecule has 0 amide bonds. The number of anilines is 1. The van der Waals surface area contributed by atoms with Crippen molar-refractivity contribution in [2.75, 3.05) is 5.43 Å². The van der Waals surface area contributed by atoms with Gasteiger partial charge in [-0.25, -0.2) is 29.0 Å². The van der Waals surface area contributed by atoms with Crippen LogP contribution in [0, 0.1) is 17.5 Å². The fourth-order valence-electron chi connectivity index (χ4n) is 2.01. The van der Waals surface area contributed by atoms with Crippen LogP contribution in [0.2, 0.25) is 0 Å². The van der Waals surface area contributed by atoms with Crippen LogP contribution in [-0.2, 0) is 0 Å². The van der Waals surface area contributed by atoms with E-state index >= 15 is 0 Å². The molecule has 3 N–H and O–H groups in total. The van der Waals surface area contributed by atoms with Crippen LogP contribution in [0.15, 0.2) is 36.4 Å². The Morgan fingerprint density at radius 2 is 1.67 bits per heavy atom. The molecule has 106 valence electrons. The average Bonchev–Trinajstić information content (AvgIpc) is 2.51. The second kappa shape index (κ2) is 5.02. The summed E-state index contributed by atoms with van der Waals surface area (Å²) in [6, 6.07) is 8.82. The molecular weight excluding hydrogens is 281 g/mol. The van der Waals surface area contributed by atoms with Gasteiger partial charge in [-0.05, 0) is 24.3 Å². The lowest BCUT2D eigenvalue weighted by Gasteiger charge is -2.09. The zero-order valence-electron chi connectivity index (χ0n) is 10.6. The smallest absolute Gasteiger partial charge is 0.195 e. The van der Waals surface area contributed by atoms with Crippen LogP contribution in [0.3, 0.4) is 0 Å². The van der Waals surface area contributed by atoms with Crippen LogP contribution >= 0.6 is 0 Å². The molecule has 21 heavy (non-hydrogen) atoms. The summed E-state index contributed by atoms with van der Waals surface area (Å²) in [5, 5.41) is 0.631. The molecule has 0 saturated heterocycles. The number of hydrogen-bond donors (Lipinski definition) is 2. The first-order valence-electron chi connectivity index (χ1n) is 5.99. The standard InChI is InChI=1S/C14H9F3N4/c15-9-6-5-8(11(16)12(9)17)13-19-10-4-2-1-3-7(10)14(20-13)21-18/h1-6H,18H2,(H,19,20,21). The van der Waals surface area contributed by atoms with Gasteiger partial charge in [0.15, 0.2) is 29.1 Å². The van der Waals surface area contributed by atoms with E-state index in [0.717, 1.165) is 12.1 Å². The zero-order chi connectivity index (χ0) is 15.0. The molecule has 0 radical (unpaired) electrons. The molecule has 1 heterocycles. The summed E-state index contributed by atoms with van der Waals surface area (Å²) < 4.78 is 40.2. The third-order valence-electron chi connectivity index (χ3n) is 3.02. The quantitative estimate of drug-likeness (QED) is 0.432. The number of benzene rings is 2. The van der Waals surface area contributed by atoms with Gasteiger partial charge in [0.2, 0.25) is 0 Å². The molecule has 0 atom stereocenters. The summed E-state index contributed by atoms with van der Waals surface area (Å²) in [7, 11) is 0. The van der Waals surface area contributed by atoms with E-state index in [1.54, 1.807) is 24.3 Å². The molecule has 0 unspecified atom stereocenters. The first-order chi connectivity index (χ1) is 10.1. The predicted octanol–water partition coefficient (Wildman–Crippen LogP) is 3.00. The van der Waals surface area contributed by atoms with Crippen molar-refractivity contribution in [2.24, 2.45) is 5.84 Å². The Hall–Kier alpha value is -2.67. The molecule has 0 aliphatic rings. The highest BCUT2D eigenvalue weighted by atomic mass is 19.2.